The summed E-state index contributed by atoms with van der Waals surface area (Å²) in [5, 5.41) is 3.54. The van der Waals surface area contributed by atoms with Crippen molar-refractivity contribution in [1.82, 2.24) is 10.2 Å². The average Bonchev–Trinajstić information content (AvgIpc) is 2.35. The zero-order valence-electron chi connectivity index (χ0n) is 11.5. The predicted octanol–water partition coefficient (Wildman–Crippen LogP) is 2.59. The Labute approximate surface area is 106 Å². The number of rotatable bonds is 4. The summed E-state index contributed by atoms with van der Waals surface area (Å²) in [6.07, 6.45) is 1.31. The van der Waals surface area contributed by atoms with E-state index in [1.165, 1.54) is 25.3 Å². The molecule has 0 aromatic heterocycles. The van der Waals surface area contributed by atoms with E-state index in [1.807, 2.05) is 0 Å². The van der Waals surface area contributed by atoms with Crippen molar-refractivity contribution >= 4 is 11.8 Å². The molecule has 0 amide bonds. The number of hydrogen-bond acceptors (Lipinski definition) is 3. The van der Waals surface area contributed by atoms with Gasteiger partial charge in [-0.15, -0.1) is 0 Å². The van der Waals surface area contributed by atoms with Crippen LogP contribution in [0.25, 0.3) is 0 Å². The highest BCUT2D eigenvalue weighted by Crippen LogP contribution is 2.31. The van der Waals surface area contributed by atoms with Crippen molar-refractivity contribution < 1.29 is 0 Å². The van der Waals surface area contributed by atoms with E-state index in [0.29, 0.717) is 16.8 Å². The second kappa shape index (κ2) is 6.27. The quantitative estimate of drug-likeness (QED) is 0.818. The lowest BCUT2D eigenvalue weighted by Gasteiger charge is -2.29. The number of hydrogen-bond donors (Lipinski definition) is 1. The van der Waals surface area contributed by atoms with Gasteiger partial charge in [0.15, 0.2) is 0 Å². The molecule has 1 N–H and O–H groups in total. The molecule has 0 aromatic carbocycles. The van der Waals surface area contributed by atoms with Crippen LogP contribution in [0.5, 0.6) is 0 Å². The molecular weight excluding hydrogens is 216 g/mol. The molecule has 2 nitrogen and oxygen atoms in total. The second-order valence-electron chi connectivity index (χ2n) is 5.81. The van der Waals surface area contributed by atoms with Gasteiger partial charge in [-0.2, -0.15) is 11.8 Å². The molecule has 1 rings (SSSR count). The van der Waals surface area contributed by atoms with Crippen LogP contribution in [0.1, 0.15) is 41.0 Å². The van der Waals surface area contributed by atoms with Crippen molar-refractivity contribution in [3.63, 3.8) is 0 Å². The van der Waals surface area contributed by atoms with Crippen molar-refractivity contribution in [2.75, 3.05) is 25.4 Å². The molecule has 0 spiro atoms. The van der Waals surface area contributed by atoms with Gasteiger partial charge >= 0.3 is 0 Å². The van der Waals surface area contributed by atoms with Crippen LogP contribution in [-0.4, -0.2) is 47.1 Å². The first kappa shape index (κ1) is 14.3. The minimum Gasteiger partial charge on any atom is -0.313 e. The molecule has 0 saturated carbocycles. The van der Waals surface area contributed by atoms with Gasteiger partial charge in [0.2, 0.25) is 0 Å². The first-order valence-electron chi connectivity index (χ1n) is 6.52. The highest BCUT2D eigenvalue weighted by atomic mass is 32.2. The number of nitrogens with one attached hydrogen (secondary N) is 1. The van der Waals surface area contributed by atoms with Gasteiger partial charge in [-0.3, -0.25) is 4.90 Å². The predicted molar refractivity (Wildman–Crippen MR) is 75.3 cm³/mol. The van der Waals surface area contributed by atoms with Crippen molar-refractivity contribution in [3.8, 4) is 0 Å². The SMILES string of the molecule is CC(C)NCC(C)N1CCSC(C)(C)CC1. The van der Waals surface area contributed by atoms with E-state index >= 15 is 0 Å². The third-order valence-electron chi connectivity index (χ3n) is 3.32. The fraction of sp³-hybridized carbons (Fsp3) is 1.00. The maximum atomic E-state index is 3.54. The van der Waals surface area contributed by atoms with Crippen LogP contribution in [-0.2, 0) is 0 Å². The fourth-order valence-electron chi connectivity index (χ4n) is 2.01. The maximum absolute atomic E-state index is 3.54. The summed E-state index contributed by atoms with van der Waals surface area (Å²) in [5.41, 5.74) is 0. The third-order valence-corrected chi connectivity index (χ3v) is 4.69. The Balaban J connectivity index is 2.36. The molecule has 1 aliphatic rings. The van der Waals surface area contributed by atoms with Crippen LogP contribution >= 0.6 is 11.8 Å². The largest absolute Gasteiger partial charge is 0.313 e. The topological polar surface area (TPSA) is 15.3 Å². The Morgan fingerprint density at radius 3 is 2.56 bits per heavy atom. The standard InChI is InChI=1S/C13H28N2S/c1-11(2)14-10-12(3)15-7-6-13(4,5)16-9-8-15/h11-12,14H,6-10H2,1-5H3. The summed E-state index contributed by atoms with van der Waals surface area (Å²) in [4.78, 5) is 2.64. The van der Waals surface area contributed by atoms with E-state index in [1.54, 1.807) is 0 Å². The van der Waals surface area contributed by atoms with Gasteiger partial charge < -0.3 is 5.32 Å². The molecule has 3 heteroatoms. The molecule has 1 heterocycles. The summed E-state index contributed by atoms with van der Waals surface area (Å²) in [6, 6.07) is 1.26. The minimum atomic E-state index is 0.472. The molecule has 0 aliphatic carbocycles. The lowest BCUT2D eigenvalue weighted by atomic mass is 10.1. The monoisotopic (exact) mass is 244 g/mol. The molecule has 0 bridgehead atoms. The number of nitrogens with zero attached hydrogens (tertiary/aromatic N) is 1. The maximum Gasteiger partial charge on any atom is 0.0192 e. The van der Waals surface area contributed by atoms with E-state index in [0.717, 1.165) is 6.54 Å². The average molecular weight is 244 g/mol. The summed E-state index contributed by atoms with van der Waals surface area (Å²) >= 11 is 2.12. The van der Waals surface area contributed by atoms with Gasteiger partial charge in [-0.05, 0) is 19.9 Å². The van der Waals surface area contributed by atoms with E-state index < -0.39 is 0 Å². The van der Waals surface area contributed by atoms with Crippen LogP contribution in [0.15, 0.2) is 0 Å². The van der Waals surface area contributed by atoms with Crippen LogP contribution in [0.4, 0.5) is 0 Å². The van der Waals surface area contributed by atoms with Crippen molar-refractivity contribution in [1.29, 1.82) is 0 Å². The van der Waals surface area contributed by atoms with Crippen molar-refractivity contribution in [3.05, 3.63) is 0 Å². The van der Waals surface area contributed by atoms with Gasteiger partial charge in [-0.25, -0.2) is 0 Å². The van der Waals surface area contributed by atoms with Crippen LogP contribution < -0.4 is 5.32 Å². The smallest absolute Gasteiger partial charge is 0.0192 e. The normalized spacial score (nSPS) is 24.4. The Hall–Kier alpha value is 0.270. The van der Waals surface area contributed by atoms with Crippen LogP contribution in [0.2, 0.25) is 0 Å². The Kier molecular flexibility index (Phi) is 5.62. The Morgan fingerprint density at radius 1 is 1.25 bits per heavy atom. The molecule has 1 saturated heterocycles. The summed E-state index contributed by atoms with van der Waals surface area (Å²) in [5.74, 6) is 1.28. The van der Waals surface area contributed by atoms with E-state index in [-0.39, 0.29) is 0 Å². The van der Waals surface area contributed by atoms with Crippen LogP contribution in [0, 0.1) is 0 Å². The van der Waals surface area contributed by atoms with E-state index in [4.69, 9.17) is 0 Å². The third kappa shape index (κ3) is 5.07. The van der Waals surface area contributed by atoms with Gasteiger partial charge in [0, 0.05) is 35.7 Å². The van der Waals surface area contributed by atoms with E-state index in [2.05, 4.69) is 56.6 Å². The lowest BCUT2D eigenvalue weighted by molar-refractivity contribution is 0.210. The second-order valence-corrected chi connectivity index (χ2v) is 7.61. The highest BCUT2D eigenvalue weighted by molar-refractivity contribution is 8.00. The van der Waals surface area contributed by atoms with Gasteiger partial charge in [-0.1, -0.05) is 27.7 Å². The first-order valence-corrected chi connectivity index (χ1v) is 7.51. The van der Waals surface area contributed by atoms with Gasteiger partial charge in [0.25, 0.3) is 0 Å². The number of thioether (sulfide) groups is 1. The molecule has 96 valence electrons. The summed E-state index contributed by atoms with van der Waals surface area (Å²) in [7, 11) is 0. The van der Waals surface area contributed by atoms with Crippen molar-refractivity contribution in [2.45, 2.75) is 57.9 Å². The molecule has 1 atom stereocenters. The molecule has 1 fully saturated rings. The highest BCUT2D eigenvalue weighted by Gasteiger charge is 2.25. The van der Waals surface area contributed by atoms with E-state index in [9.17, 15) is 0 Å². The molecule has 0 radical (unpaired) electrons. The lowest BCUT2D eigenvalue weighted by Crippen LogP contribution is -2.43. The summed E-state index contributed by atoms with van der Waals surface area (Å²) in [6.45, 7) is 15.1. The Bertz CT molecular complexity index is 204. The molecule has 16 heavy (non-hydrogen) atoms. The zero-order valence-corrected chi connectivity index (χ0v) is 12.4. The molecular formula is C13H28N2S. The minimum absolute atomic E-state index is 0.472. The van der Waals surface area contributed by atoms with Gasteiger partial charge in [0.05, 0.1) is 0 Å². The van der Waals surface area contributed by atoms with Gasteiger partial charge in [0.1, 0.15) is 0 Å². The molecule has 0 aromatic rings. The van der Waals surface area contributed by atoms with Crippen LogP contribution in [0.3, 0.4) is 0 Å². The Morgan fingerprint density at radius 2 is 1.94 bits per heavy atom. The molecule has 1 unspecified atom stereocenters. The molecule has 1 aliphatic heterocycles. The van der Waals surface area contributed by atoms with Crippen molar-refractivity contribution in [2.24, 2.45) is 0 Å². The fourth-order valence-corrected chi connectivity index (χ4v) is 3.13. The zero-order chi connectivity index (χ0) is 12.2. The summed E-state index contributed by atoms with van der Waals surface area (Å²) < 4.78 is 0.472. The first-order chi connectivity index (χ1) is 7.41.